The molecule has 2 atom stereocenters. The van der Waals surface area contributed by atoms with Gasteiger partial charge in [-0.25, -0.2) is 4.79 Å². The summed E-state index contributed by atoms with van der Waals surface area (Å²) in [7, 11) is 0. The van der Waals surface area contributed by atoms with Crippen LogP contribution in [0.4, 0.5) is 4.79 Å². The summed E-state index contributed by atoms with van der Waals surface area (Å²) in [5.74, 6) is -0.390. The Labute approximate surface area is 197 Å². The van der Waals surface area contributed by atoms with Gasteiger partial charge >= 0.3 is 6.03 Å². The fourth-order valence-corrected chi connectivity index (χ4v) is 4.12. The van der Waals surface area contributed by atoms with E-state index in [1.54, 1.807) is 12.1 Å². The maximum atomic E-state index is 13.6. The molecule has 1 saturated heterocycles. The van der Waals surface area contributed by atoms with Gasteiger partial charge in [-0.05, 0) is 28.8 Å². The molecule has 2 N–H and O–H groups in total. The van der Waals surface area contributed by atoms with Crippen molar-refractivity contribution in [3.05, 3.63) is 107 Å². The Morgan fingerprint density at radius 1 is 0.909 bits per heavy atom. The molecule has 0 saturated carbocycles. The highest BCUT2D eigenvalue weighted by Gasteiger charge is 2.52. The second-order valence-electron chi connectivity index (χ2n) is 8.08. The Balaban J connectivity index is 1.46. The molecule has 6 nitrogen and oxygen atoms in total. The molecular formula is C26H25ClN2O4. The van der Waals surface area contributed by atoms with E-state index in [2.05, 4.69) is 5.32 Å². The van der Waals surface area contributed by atoms with Crippen molar-refractivity contribution < 1.29 is 19.4 Å². The SMILES string of the molecule is O=C1NC(Cc2ccccc2)(c2ccccc2)C(=O)N1CC(O)COCc1ccc(Cl)cc1. The number of urea groups is 1. The van der Waals surface area contributed by atoms with Crippen molar-refractivity contribution in [2.75, 3.05) is 13.2 Å². The number of hydrogen-bond donors (Lipinski definition) is 2. The van der Waals surface area contributed by atoms with Crippen molar-refractivity contribution in [1.29, 1.82) is 0 Å². The topological polar surface area (TPSA) is 78.9 Å². The van der Waals surface area contributed by atoms with Gasteiger partial charge in [0.25, 0.3) is 5.91 Å². The number of benzene rings is 3. The van der Waals surface area contributed by atoms with Crippen LogP contribution >= 0.6 is 11.6 Å². The summed E-state index contributed by atoms with van der Waals surface area (Å²) in [5, 5.41) is 14.0. The number of ether oxygens (including phenoxy) is 1. The van der Waals surface area contributed by atoms with Gasteiger partial charge in [-0.15, -0.1) is 0 Å². The Morgan fingerprint density at radius 3 is 2.21 bits per heavy atom. The van der Waals surface area contributed by atoms with Crippen LogP contribution in [0.5, 0.6) is 0 Å². The third kappa shape index (κ3) is 5.25. The molecule has 3 aromatic carbocycles. The largest absolute Gasteiger partial charge is 0.389 e. The summed E-state index contributed by atoms with van der Waals surface area (Å²) in [4.78, 5) is 27.5. The normalized spacial score (nSPS) is 18.9. The Hall–Kier alpha value is -3.19. The van der Waals surface area contributed by atoms with Crippen molar-refractivity contribution in [3.63, 3.8) is 0 Å². The second kappa shape index (κ2) is 10.2. The molecule has 1 heterocycles. The number of nitrogens with one attached hydrogen (secondary N) is 1. The predicted octanol–water partition coefficient (Wildman–Crippen LogP) is 3.91. The summed E-state index contributed by atoms with van der Waals surface area (Å²) in [6.07, 6.45) is -0.711. The molecule has 4 rings (SSSR count). The van der Waals surface area contributed by atoms with E-state index in [0.717, 1.165) is 16.0 Å². The van der Waals surface area contributed by atoms with Crippen LogP contribution in [-0.4, -0.2) is 41.2 Å². The van der Waals surface area contributed by atoms with Gasteiger partial charge in [0.15, 0.2) is 5.54 Å². The second-order valence-corrected chi connectivity index (χ2v) is 8.51. The number of hydrogen-bond acceptors (Lipinski definition) is 4. The number of amides is 3. The average Bonchev–Trinajstić information content (AvgIpc) is 3.06. The average molecular weight is 465 g/mol. The van der Waals surface area contributed by atoms with E-state index < -0.39 is 17.7 Å². The van der Waals surface area contributed by atoms with Gasteiger partial charge in [0.05, 0.1) is 25.9 Å². The third-order valence-electron chi connectivity index (χ3n) is 5.64. The molecule has 1 aliphatic heterocycles. The highest BCUT2D eigenvalue weighted by Crippen LogP contribution is 2.33. The van der Waals surface area contributed by atoms with E-state index in [-0.39, 0.29) is 25.7 Å². The smallest absolute Gasteiger partial charge is 0.325 e. The number of aliphatic hydroxyl groups is 1. The minimum absolute atomic E-state index is 0.0172. The summed E-state index contributed by atoms with van der Waals surface area (Å²) in [6, 6.07) is 25.4. The quantitative estimate of drug-likeness (QED) is 0.471. The number of nitrogens with zero attached hydrogens (tertiary/aromatic N) is 1. The maximum Gasteiger partial charge on any atom is 0.325 e. The number of carbonyl (C=O) groups excluding carboxylic acids is 2. The third-order valence-corrected chi connectivity index (χ3v) is 5.89. The Kier molecular flexibility index (Phi) is 7.08. The van der Waals surface area contributed by atoms with E-state index in [1.165, 1.54) is 0 Å². The fraction of sp³-hybridized carbons (Fsp3) is 0.231. The standard InChI is InChI=1S/C26H25ClN2O4/c27-22-13-11-20(12-14-22)17-33-18-23(30)16-29-24(31)26(28-25(29)32,21-9-5-2-6-10-21)15-19-7-3-1-4-8-19/h1-14,23,30H,15-18H2,(H,28,32). The zero-order valence-electron chi connectivity index (χ0n) is 18.0. The highest BCUT2D eigenvalue weighted by molar-refractivity contribution is 6.30. The molecule has 33 heavy (non-hydrogen) atoms. The molecule has 0 spiro atoms. The van der Waals surface area contributed by atoms with E-state index >= 15 is 0 Å². The zero-order valence-corrected chi connectivity index (χ0v) is 18.7. The summed E-state index contributed by atoms with van der Waals surface area (Å²) >= 11 is 5.88. The van der Waals surface area contributed by atoms with Crippen molar-refractivity contribution in [2.24, 2.45) is 0 Å². The van der Waals surface area contributed by atoms with Crippen LogP contribution in [0.15, 0.2) is 84.9 Å². The lowest BCUT2D eigenvalue weighted by molar-refractivity contribution is -0.133. The minimum Gasteiger partial charge on any atom is -0.389 e. The minimum atomic E-state index is -1.23. The lowest BCUT2D eigenvalue weighted by Gasteiger charge is -2.28. The number of imide groups is 1. The fourth-order valence-electron chi connectivity index (χ4n) is 3.99. The monoisotopic (exact) mass is 464 g/mol. The van der Waals surface area contributed by atoms with Gasteiger partial charge in [0.2, 0.25) is 0 Å². The molecule has 2 unspecified atom stereocenters. The highest BCUT2D eigenvalue weighted by atomic mass is 35.5. The van der Waals surface area contributed by atoms with Gasteiger partial charge in [0, 0.05) is 11.4 Å². The lowest BCUT2D eigenvalue weighted by Crippen LogP contribution is -2.46. The van der Waals surface area contributed by atoms with E-state index in [1.807, 2.05) is 72.8 Å². The number of rotatable bonds is 9. The Bertz CT molecular complexity index is 1090. The van der Waals surface area contributed by atoms with Crippen molar-refractivity contribution in [3.8, 4) is 0 Å². The maximum absolute atomic E-state index is 13.6. The van der Waals surface area contributed by atoms with Crippen LogP contribution in [0.1, 0.15) is 16.7 Å². The van der Waals surface area contributed by atoms with Crippen LogP contribution in [0, 0.1) is 0 Å². The molecule has 0 aromatic heterocycles. The van der Waals surface area contributed by atoms with Crippen molar-refractivity contribution in [2.45, 2.75) is 24.7 Å². The van der Waals surface area contributed by atoms with E-state index in [0.29, 0.717) is 17.0 Å². The molecule has 0 bridgehead atoms. The van der Waals surface area contributed by atoms with Gasteiger partial charge in [0.1, 0.15) is 0 Å². The number of β-amino-alcohol motifs (C(OH)–C–C–N with tert-alkyl or cyclic N) is 1. The molecule has 7 heteroatoms. The van der Waals surface area contributed by atoms with E-state index in [4.69, 9.17) is 16.3 Å². The summed E-state index contributed by atoms with van der Waals surface area (Å²) < 4.78 is 5.57. The molecule has 1 fully saturated rings. The first-order chi connectivity index (χ1) is 16.0. The van der Waals surface area contributed by atoms with Crippen LogP contribution in [0.25, 0.3) is 0 Å². The van der Waals surface area contributed by atoms with E-state index in [9.17, 15) is 14.7 Å². The number of halogens is 1. The Morgan fingerprint density at radius 2 is 1.55 bits per heavy atom. The number of carbonyl (C=O) groups is 2. The van der Waals surface area contributed by atoms with Gasteiger partial charge in [-0.2, -0.15) is 0 Å². The van der Waals surface area contributed by atoms with Crippen LogP contribution < -0.4 is 5.32 Å². The molecule has 0 radical (unpaired) electrons. The summed E-state index contributed by atoms with van der Waals surface area (Å²) in [5.41, 5.74) is 1.29. The first kappa shape index (κ1) is 23.0. The predicted molar refractivity (Wildman–Crippen MR) is 126 cm³/mol. The van der Waals surface area contributed by atoms with Crippen LogP contribution in [0.2, 0.25) is 5.02 Å². The van der Waals surface area contributed by atoms with Crippen molar-refractivity contribution >= 4 is 23.5 Å². The molecule has 3 aromatic rings. The molecular weight excluding hydrogens is 440 g/mol. The summed E-state index contributed by atoms with van der Waals surface area (Å²) in [6.45, 7) is 0.113. The first-order valence-electron chi connectivity index (χ1n) is 10.7. The van der Waals surface area contributed by atoms with Gasteiger partial charge in [-0.1, -0.05) is 84.4 Å². The lowest BCUT2D eigenvalue weighted by atomic mass is 9.83. The van der Waals surface area contributed by atoms with Gasteiger partial charge in [-0.3, -0.25) is 9.69 Å². The zero-order chi connectivity index (χ0) is 23.3. The first-order valence-corrected chi connectivity index (χ1v) is 11.1. The van der Waals surface area contributed by atoms with Crippen LogP contribution in [0.3, 0.4) is 0 Å². The molecule has 170 valence electrons. The van der Waals surface area contributed by atoms with Crippen molar-refractivity contribution in [1.82, 2.24) is 10.2 Å². The van der Waals surface area contributed by atoms with Crippen LogP contribution in [-0.2, 0) is 28.1 Å². The molecule has 0 aliphatic carbocycles. The molecule has 1 aliphatic rings. The number of aliphatic hydroxyl groups excluding tert-OH is 1. The van der Waals surface area contributed by atoms with Gasteiger partial charge < -0.3 is 15.2 Å². The molecule has 3 amide bonds.